The van der Waals surface area contributed by atoms with Crippen molar-refractivity contribution in [3.8, 4) is 0 Å². The highest BCUT2D eigenvalue weighted by molar-refractivity contribution is 9.10. The Morgan fingerprint density at radius 2 is 1.96 bits per heavy atom. The summed E-state index contributed by atoms with van der Waals surface area (Å²) < 4.78 is 19.5. The van der Waals surface area contributed by atoms with Gasteiger partial charge in [-0.05, 0) is 18.2 Å². The Kier molecular flexibility index (Phi) is 5.61. The summed E-state index contributed by atoms with van der Waals surface area (Å²) >= 11 is 4.50. The first-order valence-electron chi connectivity index (χ1n) is 7.38. The zero-order chi connectivity index (χ0) is 17.8. The summed E-state index contributed by atoms with van der Waals surface area (Å²) in [6, 6.07) is 3.97. The quantitative estimate of drug-likeness (QED) is 0.729. The Labute approximate surface area is 155 Å². The number of halogens is 2. The first-order valence-corrected chi connectivity index (χ1v) is 9.06. The van der Waals surface area contributed by atoms with Crippen LogP contribution in [0.1, 0.15) is 20.8 Å². The van der Waals surface area contributed by atoms with Crippen LogP contribution in [-0.2, 0) is 4.74 Å². The summed E-state index contributed by atoms with van der Waals surface area (Å²) in [5.74, 6) is -2.01. The summed E-state index contributed by atoms with van der Waals surface area (Å²) in [5.41, 5.74) is 4.43. The molecule has 1 aromatic heterocycles. The summed E-state index contributed by atoms with van der Waals surface area (Å²) in [6.07, 6.45) is 0. The van der Waals surface area contributed by atoms with Crippen molar-refractivity contribution in [1.82, 2.24) is 15.8 Å². The normalized spacial score (nSPS) is 14.2. The highest BCUT2D eigenvalue weighted by Gasteiger charge is 2.18. The van der Waals surface area contributed by atoms with Crippen molar-refractivity contribution in [3.05, 3.63) is 45.1 Å². The number of nitrogens with one attached hydrogen (secondary N) is 2. The summed E-state index contributed by atoms with van der Waals surface area (Å²) in [4.78, 5) is 30.4. The molecule has 7 nitrogen and oxygen atoms in total. The average molecular weight is 429 g/mol. The molecule has 1 aromatic carbocycles. The van der Waals surface area contributed by atoms with Crippen molar-refractivity contribution in [2.24, 2.45) is 0 Å². The molecule has 3 rings (SSSR count). The molecule has 1 aliphatic heterocycles. The molecule has 25 heavy (non-hydrogen) atoms. The van der Waals surface area contributed by atoms with Crippen molar-refractivity contribution >= 4 is 44.2 Å². The Morgan fingerprint density at radius 1 is 1.24 bits per heavy atom. The molecule has 0 radical (unpaired) electrons. The van der Waals surface area contributed by atoms with Crippen LogP contribution in [0.5, 0.6) is 0 Å². The number of amides is 2. The molecule has 0 bridgehead atoms. The minimum absolute atomic E-state index is 0.179. The van der Waals surface area contributed by atoms with E-state index in [0.717, 1.165) is 11.2 Å². The molecule has 0 unspecified atom stereocenters. The van der Waals surface area contributed by atoms with Crippen LogP contribution in [0.2, 0.25) is 0 Å². The van der Waals surface area contributed by atoms with E-state index in [4.69, 9.17) is 4.74 Å². The largest absolute Gasteiger partial charge is 0.378 e. The molecule has 1 saturated heterocycles. The number of anilines is 1. The smallest absolute Gasteiger partial charge is 0.289 e. The van der Waals surface area contributed by atoms with Gasteiger partial charge in [-0.3, -0.25) is 20.4 Å². The molecule has 2 amide bonds. The van der Waals surface area contributed by atoms with Crippen LogP contribution < -0.4 is 15.8 Å². The van der Waals surface area contributed by atoms with Gasteiger partial charge in [-0.1, -0.05) is 15.9 Å². The van der Waals surface area contributed by atoms with Gasteiger partial charge in [0.2, 0.25) is 0 Å². The molecule has 0 aliphatic carbocycles. The topological polar surface area (TPSA) is 83.6 Å². The second-order valence-corrected chi connectivity index (χ2v) is 6.90. The van der Waals surface area contributed by atoms with E-state index in [1.807, 2.05) is 4.90 Å². The van der Waals surface area contributed by atoms with Gasteiger partial charge in [0, 0.05) is 22.9 Å². The molecule has 2 aromatic rings. The zero-order valence-electron chi connectivity index (χ0n) is 12.9. The standard InChI is InChI=1S/C15H14BrFN4O3S/c16-9-1-2-11(17)10(7-9)13(22)19-20-14(23)12-8-25-15(18-12)21-3-5-24-6-4-21/h1-2,7-8H,3-6H2,(H,19,22)(H,20,23). The number of aromatic nitrogens is 1. The predicted molar refractivity (Wildman–Crippen MR) is 94.2 cm³/mol. The van der Waals surface area contributed by atoms with Gasteiger partial charge in [0.15, 0.2) is 5.13 Å². The number of rotatable bonds is 3. The van der Waals surface area contributed by atoms with Gasteiger partial charge in [-0.2, -0.15) is 0 Å². The molecule has 132 valence electrons. The Bertz CT molecular complexity index is 795. The molecule has 0 atom stereocenters. The number of hydrogen-bond acceptors (Lipinski definition) is 6. The van der Waals surface area contributed by atoms with Crippen molar-refractivity contribution < 1.29 is 18.7 Å². The molecule has 1 aliphatic rings. The minimum Gasteiger partial charge on any atom is -0.378 e. The van der Waals surface area contributed by atoms with E-state index in [1.54, 1.807) is 5.38 Å². The highest BCUT2D eigenvalue weighted by Crippen LogP contribution is 2.21. The number of benzene rings is 1. The van der Waals surface area contributed by atoms with Crippen molar-refractivity contribution in [2.45, 2.75) is 0 Å². The van der Waals surface area contributed by atoms with Crippen LogP contribution in [0.4, 0.5) is 9.52 Å². The van der Waals surface area contributed by atoms with E-state index in [1.165, 1.54) is 23.5 Å². The van der Waals surface area contributed by atoms with E-state index in [9.17, 15) is 14.0 Å². The lowest BCUT2D eigenvalue weighted by Crippen LogP contribution is -2.42. The van der Waals surface area contributed by atoms with Crippen LogP contribution in [0.15, 0.2) is 28.1 Å². The summed E-state index contributed by atoms with van der Waals surface area (Å²) in [5, 5.41) is 2.32. The van der Waals surface area contributed by atoms with E-state index in [2.05, 4.69) is 31.8 Å². The Balaban J connectivity index is 1.60. The Hall–Kier alpha value is -2.04. The van der Waals surface area contributed by atoms with Crippen LogP contribution in [0, 0.1) is 5.82 Å². The molecular formula is C15H14BrFN4O3S. The first kappa shape index (κ1) is 17.8. The van der Waals surface area contributed by atoms with Crippen molar-refractivity contribution in [2.75, 3.05) is 31.2 Å². The summed E-state index contributed by atoms with van der Waals surface area (Å²) in [7, 11) is 0. The number of hydrazine groups is 1. The van der Waals surface area contributed by atoms with E-state index in [0.29, 0.717) is 30.8 Å². The van der Waals surface area contributed by atoms with Gasteiger partial charge < -0.3 is 9.64 Å². The molecule has 2 N–H and O–H groups in total. The van der Waals surface area contributed by atoms with Crippen molar-refractivity contribution in [1.29, 1.82) is 0 Å². The number of hydrogen-bond donors (Lipinski definition) is 2. The van der Waals surface area contributed by atoms with Gasteiger partial charge in [-0.15, -0.1) is 11.3 Å². The number of nitrogens with zero attached hydrogens (tertiary/aromatic N) is 2. The Morgan fingerprint density at radius 3 is 2.72 bits per heavy atom. The second-order valence-electron chi connectivity index (χ2n) is 5.15. The maximum Gasteiger partial charge on any atom is 0.289 e. The van der Waals surface area contributed by atoms with Crippen LogP contribution in [-0.4, -0.2) is 43.1 Å². The fraction of sp³-hybridized carbons (Fsp3) is 0.267. The third-order valence-corrected chi connectivity index (χ3v) is 4.86. The van der Waals surface area contributed by atoms with Gasteiger partial charge in [-0.25, -0.2) is 9.37 Å². The monoisotopic (exact) mass is 428 g/mol. The molecule has 0 spiro atoms. The predicted octanol–water partition coefficient (Wildman–Crippen LogP) is 1.96. The zero-order valence-corrected chi connectivity index (χ0v) is 15.3. The van der Waals surface area contributed by atoms with Crippen LogP contribution >= 0.6 is 27.3 Å². The van der Waals surface area contributed by atoms with Gasteiger partial charge in [0.25, 0.3) is 11.8 Å². The maximum atomic E-state index is 13.7. The van der Waals surface area contributed by atoms with Crippen LogP contribution in [0.25, 0.3) is 0 Å². The highest BCUT2D eigenvalue weighted by atomic mass is 79.9. The first-order chi connectivity index (χ1) is 12.0. The van der Waals surface area contributed by atoms with Gasteiger partial charge in [0.05, 0.1) is 18.8 Å². The summed E-state index contributed by atoms with van der Waals surface area (Å²) in [6.45, 7) is 2.67. The lowest BCUT2D eigenvalue weighted by Gasteiger charge is -2.25. The fourth-order valence-electron chi connectivity index (χ4n) is 2.18. The van der Waals surface area contributed by atoms with Gasteiger partial charge in [0.1, 0.15) is 11.5 Å². The molecular weight excluding hydrogens is 415 g/mol. The average Bonchev–Trinajstić information content (AvgIpc) is 3.12. The van der Waals surface area contributed by atoms with Crippen LogP contribution in [0.3, 0.4) is 0 Å². The van der Waals surface area contributed by atoms with Crippen molar-refractivity contribution in [3.63, 3.8) is 0 Å². The maximum absolute atomic E-state index is 13.7. The SMILES string of the molecule is O=C(NNC(=O)c1cc(Br)ccc1F)c1csc(N2CCOCC2)n1. The third kappa shape index (κ3) is 4.33. The molecule has 10 heteroatoms. The lowest BCUT2D eigenvalue weighted by atomic mass is 10.2. The lowest BCUT2D eigenvalue weighted by molar-refractivity contribution is 0.0842. The molecule has 2 heterocycles. The second kappa shape index (κ2) is 7.89. The minimum atomic E-state index is -0.754. The van der Waals surface area contributed by atoms with E-state index < -0.39 is 17.6 Å². The number of ether oxygens (including phenoxy) is 1. The number of thiazole rings is 1. The number of carbonyl (C=O) groups excluding carboxylic acids is 2. The number of carbonyl (C=O) groups is 2. The third-order valence-electron chi connectivity index (χ3n) is 3.47. The molecule has 1 fully saturated rings. The fourth-order valence-corrected chi connectivity index (χ4v) is 3.41. The number of morpholine rings is 1. The van der Waals surface area contributed by atoms with Gasteiger partial charge >= 0.3 is 0 Å². The molecule has 0 saturated carbocycles. The van der Waals surface area contributed by atoms with E-state index in [-0.39, 0.29) is 11.3 Å². The van der Waals surface area contributed by atoms with E-state index >= 15 is 0 Å².